The van der Waals surface area contributed by atoms with Crippen molar-refractivity contribution >= 4 is 50.5 Å². The number of nitrogens with zero attached hydrogens (tertiary/aromatic N) is 1. The Kier molecular flexibility index (Phi) is 6.39. The third-order valence-corrected chi connectivity index (χ3v) is 5.32. The molecule has 1 unspecified atom stereocenters. The minimum atomic E-state index is -3.72. The summed E-state index contributed by atoms with van der Waals surface area (Å²) >= 11 is 11.8. The van der Waals surface area contributed by atoms with Gasteiger partial charge in [-0.1, -0.05) is 23.2 Å². The zero-order valence-corrected chi connectivity index (χ0v) is 16.7. The van der Waals surface area contributed by atoms with Crippen molar-refractivity contribution in [2.45, 2.75) is 13.0 Å². The second kappa shape index (κ2) is 8.16. The van der Waals surface area contributed by atoms with Gasteiger partial charge in [0.15, 0.2) is 0 Å². The summed E-state index contributed by atoms with van der Waals surface area (Å²) in [6.07, 6.45) is 1.03. The van der Waals surface area contributed by atoms with E-state index in [-0.39, 0.29) is 0 Å². The molecule has 1 amide bonds. The van der Waals surface area contributed by atoms with Gasteiger partial charge in [-0.15, -0.1) is 0 Å². The number of rotatable bonds is 6. The van der Waals surface area contributed by atoms with E-state index >= 15 is 0 Å². The Morgan fingerprint density at radius 1 is 1.12 bits per heavy atom. The molecule has 2 aromatic carbocycles. The number of carbonyl (C=O) groups excluding carboxylic acids is 1. The average Bonchev–Trinajstić information content (AvgIpc) is 2.55. The molecule has 140 valence electrons. The van der Waals surface area contributed by atoms with E-state index in [0.717, 1.165) is 10.6 Å². The molecule has 0 saturated heterocycles. The Bertz CT molecular complexity index is 901. The molecule has 1 N–H and O–H groups in total. The van der Waals surface area contributed by atoms with Gasteiger partial charge in [0.1, 0.15) is 11.8 Å². The van der Waals surface area contributed by atoms with E-state index < -0.39 is 22.0 Å². The Morgan fingerprint density at radius 2 is 1.69 bits per heavy atom. The van der Waals surface area contributed by atoms with E-state index in [4.69, 9.17) is 27.9 Å². The van der Waals surface area contributed by atoms with Crippen LogP contribution < -0.4 is 14.4 Å². The molecule has 0 aliphatic heterocycles. The molecule has 0 fully saturated rings. The zero-order valence-electron chi connectivity index (χ0n) is 14.4. The normalized spacial score (nSPS) is 12.3. The topological polar surface area (TPSA) is 75.7 Å². The number of nitrogens with one attached hydrogen (secondary N) is 1. The molecule has 0 heterocycles. The van der Waals surface area contributed by atoms with Crippen LogP contribution in [0.25, 0.3) is 0 Å². The molecule has 2 rings (SSSR count). The Balaban J connectivity index is 2.34. The zero-order chi connectivity index (χ0) is 19.5. The highest BCUT2D eigenvalue weighted by Gasteiger charge is 2.29. The fourth-order valence-electron chi connectivity index (χ4n) is 2.41. The lowest BCUT2D eigenvalue weighted by atomic mass is 10.2. The minimum absolute atomic E-state index is 0.331. The van der Waals surface area contributed by atoms with Crippen LogP contribution in [0.15, 0.2) is 42.5 Å². The highest BCUT2D eigenvalue weighted by Crippen LogP contribution is 2.29. The fourth-order valence-corrected chi connectivity index (χ4v) is 3.88. The van der Waals surface area contributed by atoms with Crippen LogP contribution in [-0.2, 0) is 14.8 Å². The van der Waals surface area contributed by atoms with Crippen molar-refractivity contribution in [3.05, 3.63) is 52.5 Å². The number of hydrogen-bond acceptors (Lipinski definition) is 4. The maximum atomic E-state index is 12.7. The van der Waals surface area contributed by atoms with Crippen molar-refractivity contribution in [3.8, 4) is 5.75 Å². The number of ether oxygens (including phenoxy) is 1. The fraction of sp³-hybridized carbons (Fsp3) is 0.235. The Labute approximate surface area is 162 Å². The molecule has 26 heavy (non-hydrogen) atoms. The molecule has 0 spiro atoms. The van der Waals surface area contributed by atoms with Gasteiger partial charge in [-0.25, -0.2) is 8.42 Å². The maximum absolute atomic E-state index is 12.7. The molecule has 0 aliphatic rings. The monoisotopic (exact) mass is 416 g/mol. The minimum Gasteiger partial charge on any atom is -0.495 e. The summed E-state index contributed by atoms with van der Waals surface area (Å²) in [5.41, 5.74) is 0.680. The molecule has 9 heteroatoms. The second-order valence-electron chi connectivity index (χ2n) is 5.55. The number of sulfonamides is 1. The first-order valence-corrected chi connectivity index (χ1v) is 10.1. The van der Waals surface area contributed by atoms with E-state index in [1.165, 1.54) is 32.2 Å². The van der Waals surface area contributed by atoms with Gasteiger partial charge in [0, 0.05) is 10.0 Å². The summed E-state index contributed by atoms with van der Waals surface area (Å²) in [6, 6.07) is 9.92. The summed E-state index contributed by atoms with van der Waals surface area (Å²) in [6.45, 7) is 1.49. The SMILES string of the molecule is COc1ccc(Cl)cc1NC(=O)C(C)N(c1ccc(Cl)cc1)S(C)(=O)=O. The summed E-state index contributed by atoms with van der Waals surface area (Å²) in [7, 11) is -2.26. The summed E-state index contributed by atoms with van der Waals surface area (Å²) in [5.74, 6) is -0.127. The molecule has 6 nitrogen and oxygen atoms in total. The van der Waals surface area contributed by atoms with Gasteiger partial charge in [0.05, 0.1) is 24.7 Å². The van der Waals surface area contributed by atoms with E-state index in [1.54, 1.807) is 24.3 Å². The third kappa shape index (κ3) is 4.81. The van der Waals surface area contributed by atoms with E-state index in [2.05, 4.69) is 5.32 Å². The summed E-state index contributed by atoms with van der Waals surface area (Å²) in [4.78, 5) is 12.7. The van der Waals surface area contributed by atoms with Crippen LogP contribution in [0, 0.1) is 0 Å². The first-order valence-electron chi connectivity index (χ1n) is 7.53. The lowest BCUT2D eigenvalue weighted by molar-refractivity contribution is -0.116. The van der Waals surface area contributed by atoms with Crippen LogP contribution in [0.5, 0.6) is 5.75 Å². The number of hydrogen-bond donors (Lipinski definition) is 1. The molecule has 0 saturated carbocycles. The van der Waals surface area contributed by atoms with Crippen LogP contribution in [-0.4, -0.2) is 33.7 Å². The van der Waals surface area contributed by atoms with Crippen molar-refractivity contribution in [3.63, 3.8) is 0 Å². The first kappa shape index (κ1) is 20.4. The number of anilines is 2. The number of halogens is 2. The van der Waals surface area contributed by atoms with Crippen LogP contribution in [0.2, 0.25) is 10.0 Å². The molecule has 0 radical (unpaired) electrons. The standard InChI is InChI=1S/C17H18Cl2N2O4S/c1-11(17(22)20-15-10-13(19)6-9-16(15)25-2)21(26(3,23)24)14-7-4-12(18)5-8-14/h4-11H,1-3H3,(H,20,22). The number of amides is 1. The second-order valence-corrected chi connectivity index (χ2v) is 8.28. The maximum Gasteiger partial charge on any atom is 0.248 e. The number of methoxy groups -OCH3 is 1. The van der Waals surface area contributed by atoms with Crippen LogP contribution in [0.1, 0.15) is 6.92 Å². The smallest absolute Gasteiger partial charge is 0.248 e. The largest absolute Gasteiger partial charge is 0.495 e. The predicted octanol–water partition coefficient (Wildman–Crippen LogP) is 3.80. The van der Waals surface area contributed by atoms with Gasteiger partial charge in [-0.05, 0) is 49.4 Å². The van der Waals surface area contributed by atoms with E-state index in [9.17, 15) is 13.2 Å². The van der Waals surface area contributed by atoms with Crippen molar-refractivity contribution in [2.75, 3.05) is 23.0 Å². The average molecular weight is 417 g/mol. The highest BCUT2D eigenvalue weighted by atomic mass is 35.5. The van der Waals surface area contributed by atoms with Crippen molar-refractivity contribution < 1.29 is 17.9 Å². The predicted molar refractivity (Wildman–Crippen MR) is 105 cm³/mol. The van der Waals surface area contributed by atoms with Gasteiger partial charge in [0.25, 0.3) is 0 Å². The molecule has 2 aromatic rings. The number of benzene rings is 2. The molecular formula is C17H18Cl2N2O4S. The molecule has 0 aromatic heterocycles. The van der Waals surface area contributed by atoms with Crippen molar-refractivity contribution in [1.29, 1.82) is 0 Å². The van der Waals surface area contributed by atoms with Gasteiger partial charge in [-0.2, -0.15) is 0 Å². The molecule has 0 bridgehead atoms. The van der Waals surface area contributed by atoms with Crippen LogP contribution in [0.3, 0.4) is 0 Å². The Hall–Kier alpha value is -1.96. The highest BCUT2D eigenvalue weighted by molar-refractivity contribution is 7.92. The molecular weight excluding hydrogens is 399 g/mol. The van der Waals surface area contributed by atoms with Crippen LogP contribution in [0.4, 0.5) is 11.4 Å². The quantitative estimate of drug-likeness (QED) is 0.776. The van der Waals surface area contributed by atoms with Gasteiger partial charge in [0.2, 0.25) is 15.9 Å². The lowest BCUT2D eigenvalue weighted by Crippen LogP contribution is -2.45. The van der Waals surface area contributed by atoms with Gasteiger partial charge in [-0.3, -0.25) is 9.10 Å². The van der Waals surface area contributed by atoms with Crippen LogP contribution >= 0.6 is 23.2 Å². The van der Waals surface area contributed by atoms with Crippen molar-refractivity contribution in [1.82, 2.24) is 0 Å². The number of carbonyl (C=O) groups is 1. The van der Waals surface area contributed by atoms with E-state index in [0.29, 0.717) is 27.2 Å². The molecule has 0 aliphatic carbocycles. The van der Waals surface area contributed by atoms with Gasteiger partial charge >= 0.3 is 0 Å². The summed E-state index contributed by atoms with van der Waals surface area (Å²) < 4.78 is 30.7. The van der Waals surface area contributed by atoms with E-state index in [1.807, 2.05) is 0 Å². The van der Waals surface area contributed by atoms with Crippen molar-refractivity contribution in [2.24, 2.45) is 0 Å². The molecule has 1 atom stereocenters. The third-order valence-electron chi connectivity index (χ3n) is 3.59. The Morgan fingerprint density at radius 3 is 2.23 bits per heavy atom. The lowest BCUT2D eigenvalue weighted by Gasteiger charge is -2.28. The first-order chi connectivity index (χ1) is 12.1. The summed E-state index contributed by atoms with van der Waals surface area (Å²) in [5, 5.41) is 3.53. The van der Waals surface area contributed by atoms with Gasteiger partial charge < -0.3 is 10.1 Å².